The predicted molar refractivity (Wildman–Crippen MR) is 82.2 cm³/mol. The second kappa shape index (κ2) is 9.70. The van der Waals surface area contributed by atoms with Crippen molar-refractivity contribution in [2.24, 2.45) is 11.7 Å². The topological polar surface area (TPSA) is 93.9 Å². The van der Waals surface area contributed by atoms with E-state index in [0.29, 0.717) is 32.8 Å². The van der Waals surface area contributed by atoms with Gasteiger partial charge >= 0.3 is 0 Å². The van der Waals surface area contributed by atoms with Gasteiger partial charge in [0.15, 0.2) is 0 Å². The molecule has 0 amide bonds. The lowest BCUT2D eigenvalue weighted by molar-refractivity contribution is 0.149. The zero-order valence-electron chi connectivity index (χ0n) is 13.1. The van der Waals surface area contributed by atoms with Crippen molar-refractivity contribution < 1.29 is 17.9 Å². The highest BCUT2D eigenvalue weighted by Gasteiger charge is 2.30. The maximum Gasteiger partial charge on any atom is 0.279 e. The molecule has 1 aliphatic carbocycles. The van der Waals surface area contributed by atoms with Crippen molar-refractivity contribution in [3.8, 4) is 0 Å². The monoisotopic (exact) mass is 323 g/mol. The lowest BCUT2D eigenvalue weighted by Crippen LogP contribution is -2.51. The summed E-state index contributed by atoms with van der Waals surface area (Å²) in [5, 5.41) is 0. The Labute approximate surface area is 128 Å². The van der Waals surface area contributed by atoms with Crippen LogP contribution in [-0.2, 0) is 19.7 Å². The fourth-order valence-electron chi connectivity index (χ4n) is 2.65. The van der Waals surface area contributed by atoms with E-state index in [0.717, 1.165) is 25.7 Å². The van der Waals surface area contributed by atoms with Gasteiger partial charge < -0.3 is 15.2 Å². The van der Waals surface area contributed by atoms with Crippen molar-refractivity contribution in [3.05, 3.63) is 0 Å². The van der Waals surface area contributed by atoms with Crippen molar-refractivity contribution in [2.45, 2.75) is 31.7 Å². The highest BCUT2D eigenvalue weighted by Crippen LogP contribution is 2.24. The summed E-state index contributed by atoms with van der Waals surface area (Å²) >= 11 is 0. The molecule has 0 heterocycles. The molecule has 0 radical (unpaired) electrons. The van der Waals surface area contributed by atoms with E-state index in [-0.39, 0.29) is 12.0 Å². The van der Waals surface area contributed by atoms with E-state index < -0.39 is 10.2 Å². The summed E-state index contributed by atoms with van der Waals surface area (Å²) in [6, 6.07) is -0.0682. The third kappa shape index (κ3) is 6.17. The maximum absolute atomic E-state index is 12.5. The standard InChI is InChI=1S/C13H29N3O4S/c1-19-9-7-16(8-10-20-2)21(17,18)15-13-6-4-3-5-12(13)11-14/h12-13,15H,3-11,14H2,1-2H3. The van der Waals surface area contributed by atoms with Gasteiger partial charge in [0, 0.05) is 33.4 Å². The number of hydrogen-bond acceptors (Lipinski definition) is 5. The average molecular weight is 323 g/mol. The summed E-state index contributed by atoms with van der Waals surface area (Å²) in [5.41, 5.74) is 5.76. The van der Waals surface area contributed by atoms with Gasteiger partial charge in [-0.1, -0.05) is 12.8 Å². The first-order valence-electron chi connectivity index (χ1n) is 7.50. The SMILES string of the molecule is COCCN(CCOC)S(=O)(=O)NC1CCCCC1CN. The molecular weight excluding hydrogens is 294 g/mol. The third-order valence-electron chi connectivity index (χ3n) is 3.94. The van der Waals surface area contributed by atoms with Crippen LogP contribution in [0.4, 0.5) is 0 Å². The van der Waals surface area contributed by atoms with Crippen molar-refractivity contribution >= 4 is 10.2 Å². The van der Waals surface area contributed by atoms with E-state index in [1.54, 1.807) is 14.2 Å². The molecule has 8 heteroatoms. The smallest absolute Gasteiger partial charge is 0.279 e. The molecule has 0 spiro atoms. The summed E-state index contributed by atoms with van der Waals surface area (Å²) in [5.74, 6) is 0.222. The van der Waals surface area contributed by atoms with E-state index in [1.807, 2.05) is 0 Å². The molecule has 7 nitrogen and oxygen atoms in total. The van der Waals surface area contributed by atoms with Crippen LogP contribution in [0.2, 0.25) is 0 Å². The van der Waals surface area contributed by atoms with Gasteiger partial charge in [-0.25, -0.2) is 0 Å². The third-order valence-corrected chi connectivity index (χ3v) is 5.59. The molecule has 2 unspecified atom stereocenters. The minimum Gasteiger partial charge on any atom is -0.383 e. The number of ether oxygens (including phenoxy) is 2. The average Bonchev–Trinajstić information content (AvgIpc) is 2.47. The molecule has 1 aliphatic rings. The molecule has 0 bridgehead atoms. The van der Waals surface area contributed by atoms with E-state index in [4.69, 9.17) is 15.2 Å². The summed E-state index contributed by atoms with van der Waals surface area (Å²) in [4.78, 5) is 0. The van der Waals surface area contributed by atoms with Gasteiger partial charge in [0.05, 0.1) is 13.2 Å². The molecule has 126 valence electrons. The minimum atomic E-state index is -3.54. The van der Waals surface area contributed by atoms with E-state index >= 15 is 0 Å². The Morgan fingerprint density at radius 1 is 1.14 bits per heavy atom. The Morgan fingerprint density at radius 3 is 2.24 bits per heavy atom. The van der Waals surface area contributed by atoms with Gasteiger partial charge in [-0.2, -0.15) is 17.4 Å². The first-order valence-corrected chi connectivity index (χ1v) is 8.94. The van der Waals surface area contributed by atoms with Gasteiger partial charge in [-0.05, 0) is 25.3 Å². The molecular formula is C13H29N3O4S. The Hall–Kier alpha value is -0.250. The second-order valence-electron chi connectivity index (χ2n) is 5.39. The lowest BCUT2D eigenvalue weighted by atomic mass is 9.85. The Balaban J connectivity index is 2.69. The molecule has 1 saturated carbocycles. The van der Waals surface area contributed by atoms with Gasteiger partial charge in [0.1, 0.15) is 0 Å². The molecule has 2 atom stereocenters. The molecule has 1 rings (SSSR count). The molecule has 1 fully saturated rings. The van der Waals surface area contributed by atoms with Gasteiger partial charge in [0.2, 0.25) is 0 Å². The normalized spacial score (nSPS) is 23.6. The van der Waals surface area contributed by atoms with Crippen molar-refractivity contribution in [3.63, 3.8) is 0 Å². The fraction of sp³-hybridized carbons (Fsp3) is 1.00. The number of methoxy groups -OCH3 is 2. The quantitative estimate of drug-likeness (QED) is 0.587. The van der Waals surface area contributed by atoms with Crippen LogP contribution in [0, 0.1) is 5.92 Å². The molecule has 0 aromatic heterocycles. The van der Waals surface area contributed by atoms with Crippen molar-refractivity contribution in [1.29, 1.82) is 0 Å². The zero-order chi connectivity index (χ0) is 15.7. The predicted octanol–water partition coefficient (Wildman–Crippen LogP) is -0.0669. The molecule has 21 heavy (non-hydrogen) atoms. The minimum absolute atomic E-state index is 0.0682. The van der Waals surface area contributed by atoms with Crippen molar-refractivity contribution in [1.82, 2.24) is 9.03 Å². The van der Waals surface area contributed by atoms with Crippen LogP contribution in [-0.4, -0.2) is 65.8 Å². The Kier molecular flexibility index (Phi) is 8.69. The number of nitrogens with two attached hydrogens (primary N) is 1. The first kappa shape index (κ1) is 18.8. The van der Waals surface area contributed by atoms with Crippen LogP contribution in [0.3, 0.4) is 0 Å². The van der Waals surface area contributed by atoms with Crippen LogP contribution in [0.1, 0.15) is 25.7 Å². The lowest BCUT2D eigenvalue weighted by Gasteiger charge is -2.33. The van der Waals surface area contributed by atoms with Gasteiger partial charge in [-0.3, -0.25) is 0 Å². The first-order chi connectivity index (χ1) is 10.0. The number of rotatable bonds is 10. The largest absolute Gasteiger partial charge is 0.383 e. The number of nitrogens with one attached hydrogen (secondary N) is 1. The molecule has 0 aliphatic heterocycles. The van der Waals surface area contributed by atoms with Gasteiger partial charge in [-0.15, -0.1) is 0 Å². The van der Waals surface area contributed by atoms with Crippen LogP contribution >= 0.6 is 0 Å². The van der Waals surface area contributed by atoms with Crippen LogP contribution < -0.4 is 10.5 Å². The second-order valence-corrected chi connectivity index (χ2v) is 7.10. The van der Waals surface area contributed by atoms with E-state index in [2.05, 4.69) is 4.72 Å². The molecule has 0 aromatic carbocycles. The Bertz CT molecular complexity index is 370. The fourth-order valence-corrected chi connectivity index (χ4v) is 4.12. The Morgan fingerprint density at radius 2 is 1.71 bits per heavy atom. The molecule has 3 N–H and O–H groups in total. The summed E-state index contributed by atoms with van der Waals surface area (Å²) in [6.45, 7) is 1.86. The van der Waals surface area contributed by atoms with Crippen LogP contribution in [0.25, 0.3) is 0 Å². The highest BCUT2D eigenvalue weighted by atomic mass is 32.2. The van der Waals surface area contributed by atoms with Crippen molar-refractivity contribution in [2.75, 3.05) is 47.1 Å². The molecule has 0 aromatic rings. The highest BCUT2D eigenvalue weighted by molar-refractivity contribution is 7.87. The summed E-state index contributed by atoms with van der Waals surface area (Å²) in [6.07, 6.45) is 4.00. The number of nitrogens with zero attached hydrogens (tertiary/aromatic N) is 1. The van der Waals surface area contributed by atoms with Crippen LogP contribution in [0.15, 0.2) is 0 Å². The number of hydrogen-bond donors (Lipinski definition) is 2. The van der Waals surface area contributed by atoms with E-state index in [9.17, 15) is 8.42 Å². The molecule has 0 saturated heterocycles. The van der Waals surface area contributed by atoms with Crippen LogP contribution in [0.5, 0.6) is 0 Å². The van der Waals surface area contributed by atoms with Gasteiger partial charge in [0.25, 0.3) is 10.2 Å². The summed E-state index contributed by atoms with van der Waals surface area (Å²) in [7, 11) is -0.430. The zero-order valence-corrected chi connectivity index (χ0v) is 13.9. The summed E-state index contributed by atoms with van der Waals surface area (Å²) < 4.78 is 39.2. The van der Waals surface area contributed by atoms with E-state index in [1.165, 1.54) is 4.31 Å². The maximum atomic E-state index is 12.5.